The predicted molar refractivity (Wildman–Crippen MR) is 73.6 cm³/mol. The van der Waals surface area contributed by atoms with Crippen molar-refractivity contribution in [1.82, 2.24) is 4.90 Å². The second-order valence-electron chi connectivity index (χ2n) is 5.81. The normalized spacial score (nSPS) is 26.2. The Balaban J connectivity index is 2.47. The van der Waals surface area contributed by atoms with Gasteiger partial charge in [-0.05, 0) is 33.1 Å². The fourth-order valence-electron chi connectivity index (χ4n) is 2.73. The molecule has 0 saturated carbocycles. The molecular weight excluding hydrogens is 244 g/mol. The highest BCUT2D eigenvalue weighted by atomic mass is 16.4. The van der Waals surface area contributed by atoms with E-state index in [-0.39, 0.29) is 23.9 Å². The van der Waals surface area contributed by atoms with Gasteiger partial charge >= 0.3 is 5.97 Å². The number of likely N-dealkylation sites (tertiary alicyclic amines) is 1. The Morgan fingerprint density at radius 3 is 2.47 bits per heavy atom. The summed E-state index contributed by atoms with van der Waals surface area (Å²) in [6.07, 6.45) is 3.25. The van der Waals surface area contributed by atoms with Gasteiger partial charge in [0.25, 0.3) is 0 Å². The van der Waals surface area contributed by atoms with Gasteiger partial charge in [0.1, 0.15) is 0 Å². The van der Waals surface area contributed by atoms with Crippen molar-refractivity contribution in [3.05, 3.63) is 0 Å². The summed E-state index contributed by atoms with van der Waals surface area (Å²) >= 11 is 0. The van der Waals surface area contributed by atoms with Crippen LogP contribution in [0, 0.1) is 11.8 Å². The molecule has 0 aromatic rings. The van der Waals surface area contributed by atoms with Crippen LogP contribution >= 0.6 is 0 Å². The van der Waals surface area contributed by atoms with Crippen molar-refractivity contribution in [2.75, 3.05) is 6.54 Å². The molecule has 1 amide bonds. The van der Waals surface area contributed by atoms with Crippen LogP contribution in [0.3, 0.4) is 0 Å². The lowest BCUT2D eigenvalue weighted by Crippen LogP contribution is -2.40. The number of carbonyl (C=O) groups excluding carboxylic acids is 1. The number of amides is 1. The third-order valence-electron chi connectivity index (χ3n) is 4.07. The number of nitrogens with two attached hydrogens (primary N) is 1. The highest BCUT2D eigenvalue weighted by Crippen LogP contribution is 2.26. The maximum atomic E-state index is 12.3. The monoisotopic (exact) mass is 270 g/mol. The zero-order chi connectivity index (χ0) is 14.6. The van der Waals surface area contributed by atoms with Gasteiger partial charge in [0.05, 0.1) is 5.92 Å². The lowest BCUT2D eigenvalue weighted by Gasteiger charge is -2.26. The maximum Gasteiger partial charge on any atom is 0.308 e. The molecule has 1 fully saturated rings. The molecule has 19 heavy (non-hydrogen) atoms. The number of hydrogen-bond acceptors (Lipinski definition) is 3. The van der Waals surface area contributed by atoms with Crippen molar-refractivity contribution in [3.8, 4) is 0 Å². The summed E-state index contributed by atoms with van der Waals surface area (Å²) in [5.41, 5.74) is 5.69. The Hall–Kier alpha value is -1.10. The highest BCUT2D eigenvalue weighted by molar-refractivity contribution is 5.81. The van der Waals surface area contributed by atoms with Crippen molar-refractivity contribution in [1.29, 1.82) is 0 Å². The first-order chi connectivity index (χ1) is 8.84. The fraction of sp³-hybridized carbons (Fsp3) is 0.857. The van der Waals surface area contributed by atoms with Gasteiger partial charge in [-0.2, -0.15) is 0 Å². The highest BCUT2D eigenvalue weighted by Gasteiger charge is 2.39. The lowest BCUT2D eigenvalue weighted by molar-refractivity contribution is -0.143. The Bertz CT molecular complexity index is 331. The van der Waals surface area contributed by atoms with Crippen LogP contribution in [0.15, 0.2) is 0 Å². The summed E-state index contributed by atoms with van der Waals surface area (Å²) in [6.45, 7) is 6.28. The van der Waals surface area contributed by atoms with Gasteiger partial charge in [0.2, 0.25) is 5.91 Å². The van der Waals surface area contributed by atoms with Crippen LogP contribution in [-0.2, 0) is 9.59 Å². The molecule has 0 aromatic carbocycles. The third-order valence-corrected chi connectivity index (χ3v) is 4.07. The number of nitrogens with zero attached hydrogens (tertiary/aromatic N) is 1. The van der Waals surface area contributed by atoms with Crippen LogP contribution < -0.4 is 5.73 Å². The van der Waals surface area contributed by atoms with E-state index in [9.17, 15) is 9.59 Å². The zero-order valence-electron chi connectivity index (χ0n) is 12.1. The average molecular weight is 270 g/mol. The summed E-state index contributed by atoms with van der Waals surface area (Å²) in [6, 6.07) is -0.0229. The van der Waals surface area contributed by atoms with E-state index in [4.69, 9.17) is 10.8 Å². The fourth-order valence-corrected chi connectivity index (χ4v) is 2.73. The summed E-state index contributed by atoms with van der Waals surface area (Å²) in [7, 11) is 0. The van der Waals surface area contributed by atoms with Crippen LogP contribution in [-0.4, -0.2) is 40.5 Å². The van der Waals surface area contributed by atoms with Gasteiger partial charge in [-0.25, -0.2) is 0 Å². The molecule has 110 valence electrons. The van der Waals surface area contributed by atoms with Gasteiger partial charge in [-0.1, -0.05) is 13.3 Å². The molecule has 3 N–H and O–H groups in total. The SMILES string of the molecule is CC(N)CCCC(C)C(=O)N1CCC(C(=O)O)C1C. The number of aliphatic carboxylic acids is 1. The van der Waals surface area contributed by atoms with Crippen LogP contribution in [0.2, 0.25) is 0 Å². The average Bonchev–Trinajstić information content (AvgIpc) is 2.69. The summed E-state index contributed by atoms with van der Waals surface area (Å²) in [5.74, 6) is -1.18. The van der Waals surface area contributed by atoms with Gasteiger partial charge in [0.15, 0.2) is 0 Å². The molecule has 4 unspecified atom stereocenters. The minimum Gasteiger partial charge on any atom is -0.481 e. The molecule has 1 saturated heterocycles. The van der Waals surface area contributed by atoms with E-state index in [2.05, 4.69) is 0 Å². The van der Waals surface area contributed by atoms with Crippen LogP contribution in [0.25, 0.3) is 0 Å². The molecule has 0 aromatic heterocycles. The van der Waals surface area contributed by atoms with Crippen molar-refractivity contribution in [2.24, 2.45) is 17.6 Å². The smallest absolute Gasteiger partial charge is 0.308 e. The number of rotatable bonds is 6. The first kappa shape index (κ1) is 16.0. The van der Waals surface area contributed by atoms with Crippen molar-refractivity contribution >= 4 is 11.9 Å². The topological polar surface area (TPSA) is 83.6 Å². The maximum absolute atomic E-state index is 12.3. The van der Waals surface area contributed by atoms with E-state index in [0.717, 1.165) is 19.3 Å². The minimum absolute atomic E-state index is 0.0475. The van der Waals surface area contributed by atoms with E-state index in [1.165, 1.54) is 0 Å². The largest absolute Gasteiger partial charge is 0.481 e. The second kappa shape index (κ2) is 6.89. The standard InChI is InChI=1S/C14H26N2O3/c1-9(5-4-6-10(2)15)13(17)16-8-7-12(11(16)3)14(18)19/h9-12H,4-8,15H2,1-3H3,(H,18,19). The second-order valence-corrected chi connectivity index (χ2v) is 5.81. The van der Waals surface area contributed by atoms with Gasteiger partial charge in [-0.3, -0.25) is 9.59 Å². The number of carboxylic acids is 1. The minimum atomic E-state index is -0.799. The van der Waals surface area contributed by atoms with E-state index in [0.29, 0.717) is 13.0 Å². The number of carboxylic acid groups (broad SMARTS) is 1. The Labute approximate surface area is 115 Å². The Kier molecular flexibility index (Phi) is 5.79. The summed E-state index contributed by atoms with van der Waals surface area (Å²) in [4.78, 5) is 25.1. The summed E-state index contributed by atoms with van der Waals surface area (Å²) in [5, 5.41) is 9.07. The Morgan fingerprint density at radius 1 is 1.37 bits per heavy atom. The van der Waals surface area contributed by atoms with Crippen molar-refractivity contribution < 1.29 is 14.7 Å². The van der Waals surface area contributed by atoms with E-state index >= 15 is 0 Å². The molecule has 4 atom stereocenters. The Morgan fingerprint density at radius 2 is 2.00 bits per heavy atom. The van der Waals surface area contributed by atoms with Gasteiger partial charge < -0.3 is 15.7 Å². The molecule has 0 aliphatic carbocycles. The van der Waals surface area contributed by atoms with Crippen LogP contribution in [0.5, 0.6) is 0 Å². The quantitative estimate of drug-likeness (QED) is 0.765. The lowest BCUT2D eigenvalue weighted by atomic mass is 9.99. The molecule has 1 heterocycles. The molecule has 0 radical (unpaired) electrons. The van der Waals surface area contributed by atoms with Crippen molar-refractivity contribution in [3.63, 3.8) is 0 Å². The van der Waals surface area contributed by atoms with Gasteiger partial charge in [-0.15, -0.1) is 0 Å². The number of carbonyl (C=O) groups is 2. The molecule has 0 bridgehead atoms. The first-order valence-corrected chi connectivity index (χ1v) is 7.13. The molecule has 1 aliphatic rings. The number of hydrogen-bond donors (Lipinski definition) is 2. The van der Waals surface area contributed by atoms with E-state index < -0.39 is 11.9 Å². The van der Waals surface area contributed by atoms with E-state index in [1.807, 2.05) is 20.8 Å². The van der Waals surface area contributed by atoms with E-state index in [1.54, 1.807) is 4.90 Å². The molecule has 0 spiro atoms. The first-order valence-electron chi connectivity index (χ1n) is 7.13. The van der Waals surface area contributed by atoms with Gasteiger partial charge in [0, 0.05) is 24.5 Å². The predicted octanol–water partition coefficient (Wildman–Crippen LogP) is 1.46. The molecular formula is C14H26N2O3. The van der Waals surface area contributed by atoms with Crippen molar-refractivity contribution in [2.45, 2.75) is 58.5 Å². The molecule has 5 heteroatoms. The van der Waals surface area contributed by atoms with Crippen LogP contribution in [0.1, 0.15) is 46.5 Å². The molecule has 1 aliphatic heterocycles. The summed E-state index contributed by atoms with van der Waals surface area (Å²) < 4.78 is 0. The molecule has 5 nitrogen and oxygen atoms in total. The molecule has 1 rings (SSSR count). The third kappa shape index (κ3) is 4.20. The zero-order valence-corrected chi connectivity index (χ0v) is 12.1. The van der Waals surface area contributed by atoms with Crippen LogP contribution in [0.4, 0.5) is 0 Å².